The van der Waals surface area contributed by atoms with Gasteiger partial charge in [0.2, 0.25) is 0 Å². The molecule has 0 saturated carbocycles. The second kappa shape index (κ2) is 6.18. The van der Waals surface area contributed by atoms with Crippen molar-refractivity contribution in [2.24, 2.45) is 0 Å². The normalized spacial score (nSPS) is 16.6. The summed E-state index contributed by atoms with van der Waals surface area (Å²) in [7, 11) is 1.75. The molecule has 1 rings (SSSR count). The summed E-state index contributed by atoms with van der Waals surface area (Å²) in [5.41, 5.74) is 4.03. The lowest BCUT2D eigenvalue weighted by molar-refractivity contribution is 0.0852. The maximum Gasteiger partial charge on any atom is 0.0693 e. The van der Waals surface area contributed by atoms with Gasteiger partial charge >= 0.3 is 0 Å². The van der Waals surface area contributed by atoms with E-state index in [1.807, 2.05) is 0 Å². The molecule has 0 amide bonds. The second-order valence-corrected chi connectivity index (χ2v) is 4.98. The molecule has 1 aromatic rings. The van der Waals surface area contributed by atoms with Crippen molar-refractivity contribution in [3.63, 3.8) is 0 Å². The Balaban J connectivity index is 2.72. The number of ether oxygens (including phenoxy) is 1. The molecule has 0 aromatic heterocycles. The van der Waals surface area contributed by atoms with Crippen LogP contribution in [0.3, 0.4) is 0 Å². The number of rotatable bonds is 5. The number of hydrogen-bond donors (Lipinski definition) is 1. The third kappa shape index (κ3) is 3.83. The lowest BCUT2D eigenvalue weighted by Gasteiger charge is -2.25. The van der Waals surface area contributed by atoms with Gasteiger partial charge in [0.1, 0.15) is 0 Å². The van der Waals surface area contributed by atoms with E-state index >= 15 is 0 Å². The van der Waals surface area contributed by atoms with Crippen LogP contribution in [0.15, 0.2) is 18.2 Å². The van der Waals surface area contributed by atoms with Gasteiger partial charge in [0.25, 0.3) is 0 Å². The van der Waals surface area contributed by atoms with E-state index in [2.05, 4.69) is 58.1 Å². The van der Waals surface area contributed by atoms with E-state index in [1.54, 1.807) is 7.11 Å². The largest absolute Gasteiger partial charge is 0.380 e. The molecule has 3 unspecified atom stereocenters. The van der Waals surface area contributed by atoms with Gasteiger partial charge in [-0.2, -0.15) is 0 Å². The zero-order chi connectivity index (χ0) is 13.0. The highest BCUT2D eigenvalue weighted by Gasteiger charge is 2.15. The molecule has 1 aromatic carbocycles. The van der Waals surface area contributed by atoms with Crippen molar-refractivity contribution in [1.82, 2.24) is 5.32 Å². The first-order valence-electron chi connectivity index (χ1n) is 6.31. The van der Waals surface area contributed by atoms with Crippen molar-refractivity contribution in [1.29, 1.82) is 0 Å². The summed E-state index contributed by atoms with van der Waals surface area (Å²) >= 11 is 0. The van der Waals surface area contributed by atoms with Gasteiger partial charge in [-0.1, -0.05) is 23.8 Å². The first-order valence-corrected chi connectivity index (χ1v) is 6.31. The third-order valence-electron chi connectivity index (χ3n) is 3.48. The molecular formula is C15H25NO. The standard InChI is InChI=1S/C15H25NO/c1-10-7-8-15(11(2)9-10)13(4)16-12(3)14(5)17-6/h7-9,12-14,16H,1-6H3. The van der Waals surface area contributed by atoms with Gasteiger partial charge < -0.3 is 10.1 Å². The minimum absolute atomic E-state index is 0.225. The number of methoxy groups -OCH3 is 1. The summed E-state index contributed by atoms with van der Waals surface area (Å²) in [5, 5.41) is 3.58. The van der Waals surface area contributed by atoms with Crippen molar-refractivity contribution in [2.75, 3.05) is 7.11 Å². The van der Waals surface area contributed by atoms with Crippen LogP contribution in [0.2, 0.25) is 0 Å². The Kier molecular flexibility index (Phi) is 5.16. The van der Waals surface area contributed by atoms with Gasteiger partial charge in [-0.15, -0.1) is 0 Å². The molecule has 0 bridgehead atoms. The summed E-state index contributed by atoms with van der Waals surface area (Å²) in [4.78, 5) is 0. The first-order chi connectivity index (χ1) is 7.95. The zero-order valence-corrected chi connectivity index (χ0v) is 11.9. The number of nitrogens with one attached hydrogen (secondary N) is 1. The van der Waals surface area contributed by atoms with E-state index in [0.717, 1.165) is 0 Å². The number of benzene rings is 1. The molecule has 0 spiro atoms. The highest BCUT2D eigenvalue weighted by molar-refractivity contribution is 5.32. The Labute approximate surface area is 105 Å². The summed E-state index contributed by atoms with van der Waals surface area (Å²) in [6.07, 6.45) is 0.225. The van der Waals surface area contributed by atoms with E-state index < -0.39 is 0 Å². The molecule has 1 N–H and O–H groups in total. The lowest BCUT2D eigenvalue weighted by Crippen LogP contribution is -2.38. The fourth-order valence-corrected chi connectivity index (χ4v) is 2.14. The van der Waals surface area contributed by atoms with Crippen LogP contribution >= 0.6 is 0 Å². The minimum Gasteiger partial charge on any atom is -0.380 e. The summed E-state index contributed by atoms with van der Waals surface area (Å²) in [5.74, 6) is 0. The van der Waals surface area contributed by atoms with Gasteiger partial charge in [-0.25, -0.2) is 0 Å². The Hall–Kier alpha value is -0.860. The fourth-order valence-electron chi connectivity index (χ4n) is 2.14. The fraction of sp³-hybridized carbons (Fsp3) is 0.600. The van der Waals surface area contributed by atoms with Crippen LogP contribution in [0, 0.1) is 13.8 Å². The van der Waals surface area contributed by atoms with Gasteiger partial charge in [-0.05, 0) is 45.7 Å². The molecule has 96 valence electrons. The van der Waals surface area contributed by atoms with E-state index in [0.29, 0.717) is 12.1 Å². The van der Waals surface area contributed by atoms with Crippen molar-refractivity contribution in [2.45, 2.75) is 52.8 Å². The molecule has 3 atom stereocenters. The minimum atomic E-state index is 0.225. The van der Waals surface area contributed by atoms with Crippen LogP contribution in [0.4, 0.5) is 0 Å². The zero-order valence-electron chi connectivity index (χ0n) is 11.9. The summed E-state index contributed by atoms with van der Waals surface area (Å²) in [6.45, 7) is 10.8. The molecule has 0 aliphatic carbocycles. The van der Waals surface area contributed by atoms with Crippen molar-refractivity contribution in [3.05, 3.63) is 34.9 Å². The van der Waals surface area contributed by atoms with E-state index in [4.69, 9.17) is 4.74 Å². The monoisotopic (exact) mass is 235 g/mol. The quantitative estimate of drug-likeness (QED) is 0.845. The van der Waals surface area contributed by atoms with Gasteiger partial charge in [0, 0.05) is 19.2 Å². The maximum absolute atomic E-state index is 5.34. The van der Waals surface area contributed by atoms with Gasteiger partial charge in [0.05, 0.1) is 6.10 Å². The van der Waals surface area contributed by atoms with Crippen LogP contribution in [-0.2, 0) is 4.74 Å². The van der Waals surface area contributed by atoms with Crippen LogP contribution in [-0.4, -0.2) is 19.3 Å². The highest BCUT2D eigenvalue weighted by Crippen LogP contribution is 2.19. The van der Waals surface area contributed by atoms with Crippen LogP contribution in [0.1, 0.15) is 43.5 Å². The van der Waals surface area contributed by atoms with E-state index in [9.17, 15) is 0 Å². The summed E-state index contributed by atoms with van der Waals surface area (Å²) < 4.78 is 5.34. The van der Waals surface area contributed by atoms with E-state index in [-0.39, 0.29) is 6.10 Å². The number of hydrogen-bond acceptors (Lipinski definition) is 2. The molecule has 2 heteroatoms. The smallest absolute Gasteiger partial charge is 0.0693 e. The van der Waals surface area contributed by atoms with Crippen molar-refractivity contribution >= 4 is 0 Å². The first kappa shape index (κ1) is 14.2. The SMILES string of the molecule is COC(C)C(C)NC(C)c1ccc(C)cc1C. The average molecular weight is 235 g/mol. The highest BCUT2D eigenvalue weighted by atomic mass is 16.5. The maximum atomic E-state index is 5.34. The topological polar surface area (TPSA) is 21.3 Å². The molecule has 0 heterocycles. The third-order valence-corrected chi connectivity index (χ3v) is 3.48. The Morgan fingerprint density at radius 1 is 1.12 bits per heavy atom. The Morgan fingerprint density at radius 3 is 2.29 bits per heavy atom. The van der Waals surface area contributed by atoms with Gasteiger partial charge in [0.15, 0.2) is 0 Å². The molecule has 0 aliphatic rings. The van der Waals surface area contributed by atoms with Crippen molar-refractivity contribution in [3.8, 4) is 0 Å². The number of aryl methyl sites for hydroxylation is 2. The average Bonchev–Trinajstić information content (AvgIpc) is 2.27. The molecule has 0 aliphatic heterocycles. The predicted octanol–water partition coefficient (Wildman–Crippen LogP) is 3.38. The molecule has 0 radical (unpaired) electrons. The van der Waals surface area contributed by atoms with Crippen molar-refractivity contribution < 1.29 is 4.74 Å². The van der Waals surface area contributed by atoms with Gasteiger partial charge in [-0.3, -0.25) is 0 Å². The van der Waals surface area contributed by atoms with Crippen LogP contribution in [0.5, 0.6) is 0 Å². The van der Waals surface area contributed by atoms with E-state index in [1.165, 1.54) is 16.7 Å². The molecule has 2 nitrogen and oxygen atoms in total. The summed E-state index contributed by atoms with van der Waals surface area (Å²) in [6, 6.07) is 7.31. The molecular weight excluding hydrogens is 210 g/mol. The van der Waals surface area contributed by atoms with Crippen LogP contribution < -0.4 is 5.32 Å². The molecule has 0 fully saturated rings. The lowest BCUT2D eigenvalue weighted by atomic mass is 9.99. The Bertz CT molecular complexity index is 362. The predicted molar refractivity (Wildman–Crippen MR) is 73.4 cm³/mol. The van der Waals surface area contributed by atoms with Crippen LogP contribution in [0.25, 0.3) is 0 Å². The molecule has 17 heavy (non-hydrogen) atoms. The second-order valence-electron chi connectivity index (χ2n) is 4.98. The Morgan fingerprint density at radius 2 is 1.76 bits per heavy atom. The molecule has 0 saturated heterocycles.